The van der Waals surface area contributed by atoms with Crippen LogP contribution in [0.2, 0.25) is 0 Å². The number of benzene rings is 1. The maximum absolute atomic E-state index is 13.0. The molecule has 1 atom stereocenters. The number of hydrogen-bond acceptors (Lipinski definition) is 9. The molecule has 0 radical (unpaired) electrons. The molecule has 14 heteroatoms. The minimum atomic E-state index is -0.447. The molecule has 254 valence electrons. The van der Waals surface area contributed by atoms with Gasteiger partial charge >= 0.3 is 6.17 Å². The van der Waals surface area contributed by atoms with Crippen LogP contribution in [-0.4, -0.2) is 135 Å². The minimum absolute atomic E-state index is 0.0866. The van der Waals surface area contributed by atoms with Crippen LogP contribution in [-0.2, 0) is 23.9 Å². The van der Waals surface area contributed by atoms with E-state index in [0.717, 1.165) is 32.5 Å². The van der Waals surface area contributed by atoms with Gasteiger partial charge in [-0.2, -0.15) is 0 Å². The van der Waals surface area contributed by atoms with Crippen LogP contribution < -0.4 is 15.4 Å². The lowest BCUT2D eigenvalue weighted by Gasteiger charge is -2.34. The van der Waals surface area contributed by atoms with E-state index in [1.165, 1.54) is 11.8 Å². The average molecular weight is 652 g/mol. The number of rotatable bonds is 17. The van der Waals surface area contributed by atoms with Crippen LogP contribution in [0.4, 0.5) is 0 Å². The molecular formula is C33H45N7O7. The molecule has 1 aromatic carbocycles. The highest BCUT2D eigenvalue weighted by atomic mass is 16.5. The van der Waals surface area contributed by atoms with Crippen LogP contribution in [0.15, 0.2) is 30.5 Å². The molecule has 0 unspecified atom stereocenters. The summed E-state index contributed by atoms with van der Waals surface area (Å²) in [5, 5.41) is 5.99. The molecule has 2 aliphatic heterocycles. The summed E-state index contributed by atoms with van der Waals surface area (Å²) in [6, 6.07) is 7.05. The van der Waals surface area contributed by atoms with Crippen molar-refractivity contribution in [1.29, 1.82) is 0 Å². The Hall–Kier alpha value is -4.32. The maximum atomic E-state index is 13.0. The number of hydrogen-bond donors (Lipinski definition) is 2. The Labute approximate surface area is 275 Å². The molecule has 2 fully saturated rings. The zero-order valence-corrected chi connectivity index (χ0v) is 27.1. The molecule has 4 amide bonds. The molecule has 14 nitrogen and oxygen atoms in total. The SMILES string of the molecule is [C-]#[N+][C@@H]1CCCN1C(=O)CNC(=O)c1ccnc2ccc(OCCCN3CCN(C(=O)CCOCCOCCNC(C)=O)CC3)cc12. The van der Waals surface area contributed by atoms with Crippen molar-refractivity contribution in [3.63, 3.8) is 0 Å². The molecule has 0 saturated carbocycles. The number of likely N-dealkylation sites (tertiary alicyclic amines) is 1. The van der Waals surface area contributed by atoms with Gasteiger partial charge in [0.15, 0.2) is 0 Å². The smallest absolute Gasteiger partial charge is 0.300 e. The Morgan fingerprint density at radius 3 is 2.51 bits per heavy atom. The molecule has 0 bridgehead atoms. The van der Waals surface area contributed by atoms with Crippen molar-refractivity contribution < 1.29 is 33.4 Å². The van der Waals surface area contributed by atoms with E-state index in [-0.39, 0.29) is 30.2 Å². The number of ether oxygens (including phenoxy) is 3. The maximum Gasteiger partial charge on any atom is 0.300 e. The number of nitrogens with one attached hydrogen (secondary N) is 2. The lowest BCUT2D eigenvalue weighted by Crippen LogP contribution is -2.49. The fourth-order valence-corrected chi connectivity index (χ4v) is 5.58. The zero-order valence-electron chi connectivity index (χ0n) is 27.1. The van der Waals surface area contributed by atoms with Gasteiger partial charge in [-0.15, -0.1) is 0 Å². The second-order valence-corrected chi connectivity index (χ2v) is 11.4. The summed E-state index contributed by atoms with van der Waals surface area (Å²) < 4.78 is 16.9. The Bertz CT molecular complexity index is 1410. The molecule has 2 saturated heterocycles. The van der Waals surface area contributed by atoms with E-state index in [0.29, 0.717) is 94.3 Å². The van der Waals surface area contributed by atoms with Crippen molar-refractivity contribution in [3.05, 3.63) is 47.4 Å². The van der Waals surface area contributed by atoms with Gasteiger partial charge in [-0.1, -0.05) is 0 Å². The van der Waals surface area contributed by atoms with E-state index in [2.05, 4.69) is 25.4 Å². The number of aromatic nitrogens is 1. The zero-order chi connectivity index (χ0) is 33.4. The van der Waals surface area contributed by atoms with Crippen molar-refractivity contribution in [3.8, 4) is 5.75 Å². The highest BCUT2D eigenvalue weighted by Gasteiger charge is 2.32. The lowest BCUT2D eigenvalue weighted by atomic mass is 10.1. The van der Waals surface area contributed by atoms with Crippen molar-refractivity contribution in [2.24, 2.45) is 0 Å². The first-order valence-electron chi connectivity index (χ1n) is 16.2. The molecule has 2 aromatic rings. The van der Waals surface area contributed by atoms with Gasteiger partial charge in [-0.25, -0.2) is 6.57 Å². The van der Waals surface area contributed by atoms with Crippen LogP contribution in [0, 0.1) is 6.57 Å². The summed E-state index contributed by atoms with van der Waals surface area (Å²) in [6.07, 6.45) is 3.72. The highest BCUT2D eigenvalue weighted by Crippen LogP contribution is 2.23. The number of nitrogens with zero attached hydrogens (tertiary/aromatic N) is 5. The number of pyridine rings is 1. The van der Waals surface area contributed by atoms with E-state index in [4.69, 9.17) is 20.8 Å². The summed E-state index contributed by atoms with van der Waals surface area (Å²) in [5.41, 5.74) is 1.05. The number of carbonyl (C=O) groups is 4. The van der Waals surface area contributed by atoms with E-state index in [1.54, 1.807) is 18.3 Å². The minimum Gasteiger partial charge on any atom is -0.494 e. The summed E-state index contributed by atoms with van der Waals surface area (Å²) in [7, 11) is 0. The highest BCUT2D eigenvalue weighted by molar-refractivity contribution is 6.07. The molecule has 2 aliphatic rings. The quantitative estimate of drug-likeness (QED) is 0.191. The summed E-state index contributed by atoms with van der Waals surface area (Å²) in [4.78, 5) is 62.5. The van der Waals surface area contributed by atoms with Crippen LogP contribution in [0.1, 0.15) is 43.0 Å². The third-order valence-corrected chi connectivity index (χ3v) is 8.11. The van der Waals surface area contributed by atoms with Gasteiger partial charge in [0, 0.05) is 70.7 Å². The lowest BCUT2D eigenvalue weighted by molar-refractivity contribution is -0.134. The Balaban J connectivity index is 1.12. The topological polar surface area (TPSA) is 147 Å². The average Bonchev–Trinajstić information content (AvgIpc) is 3.57. The largest absolute Gasteiger partial charge is 0.494 e. The van der Waals surface area contributed by atoms with Gasteiger partial charge in [0.1, 0.15) is 5.75 Å². The molecule has 1 aromatic heterocycles. The molecule has 0 spiro atoms. The predicted octanol–water partition coefficient (Wildman–Crippen LogP) is 1.30. The molecule has 47 heavy (non-hydrogen) atoms. The summed E-state index contributed by atoms with van der Waals surface area (Å²) in [6.45, 7) is 15.5. The van der Waals surface area contributed by atoms with Gasteiger partial charge in [-0.05, 0) is 37.1 Å². The Morgan fingerprint density at radius 1 is 0.957 bits per heavy atom. The first kappa shape index (κ1) is 35.5. The van der Waals surface area contributed by atoms with Crippen LogP contribution in [0.3, 0.4) is 0 Å². The van der Waals surface area contributed by atoms with Gasteiger partial charge in [0.05, 0.1) is 57.1 Å². The van der Waals surface area contributed by atoms with Gasteiger partial charge < -0.3 is 29.7 Å². The number of fused-ring (bicyclic) bond motifs is 1. The van der Waals surface area contributed by atoms with Crippen molar-refractivity contribution in [2.45, 2.75) is 38.8 Å². The predicted molar refractivity (Wildman–Crippen MR) is 173 cm³/mol. The normalized spacial score (nSPS) is 16.6. The molecule has 4 rings (SSSR count). The standard InChI is InChI=1S/C33H45N7O7/c1-25(41)35-11-20-46-22-21-45-19-9-31(42)39-16-14-38(15-17-39)12-4-18-47-26-6-7-29-28(23-26)27(8-10-36-29)33(44)37-24-32(43)40-13-3-5-30(40)34-2/h6-8,10,23,30H,3-5,9,11-22,24H2,1H3,(H,35,41)(H,37,44)/t30-/m0/s1. The van der Waals surface area contributed by atoms with Crippen molar-refractivity contribution >= 4 is 34.5 Å². The summed E-state index contributed by atoms with van der Waals surface area (Å²) in [5.74, 6) is -0.0101. The third kappa shape index (κ3) is 11.2. The van der Waals surface area contributed by atoms with Gasteiger partial charge in [0.2, 0.25) is 17.7 Å². The number of piperazine rings is 1. The fourth-order valence-electron chi connectivity index (χ4n) is 5.58. The van der Waals surface area contributed by atoms with E-state index in [9.17, 15) is 19.2 Å². The first-order chi connectivity index (χ1) is 22.9. The molecule has 2 N–H and O–H groups in total. The fraction of sp³-hybridized carbons (Fsp3) is 0.576. The second-order valence-electron chi connectivity index (χ2n) is 11.4. The Morgan fingerprint density at radius 2 is 1.74 bits per heavy atom. The van der Waals surface area contributed by atoms with Gasteiger partial charge in [-0.3, -0.25) is 38.8 Å². The van der Waals surface area contributed by atoms with E-state index < -0.39 is 6.17 Å². The van der Waals surface area contributed by atoms with Gasteiger partial charge in [0.25, 0.3) is 5.91 Å². The molecule has 3 heterocycles. The van der Waals surface area contributed by atoms with Crippen LogP contribution in [0.5, 0.6) is 5.75 Å². The van der Waals surface area contributed by atoms with Crippen molar-refractivity contribution in [2.75, 3.05) is 85.4 Å². The second kappa shape index (κ2) is 18.7. The van der Waals surface area contributed by atoms with Crippen molar-refractivity contribution in [1.82, 2.24) is 30.3 Å². The number of amides is 4. The van der Waals surface area contributed by atoms with Crippen LogP contribution >= 0.6 is 0 Å². The number of carbonyl (C=O) groups excluding carboxylic acids is 4. The van der Waals surface area contributed by atoms with E-state index in [1.807, 2.05) is 17.0 Å². The molecular weight excluding hydrogens is 606 g/mol. The molecule has 0 aliphatic carbocycles. The first-order valence-corrected chi connectivity index (χ1v) is 16.2. The van der Waals surface area contributed by atoms with E-state index >= 15 is 0 Å². The monoisotopic (exact) mass is 651 g/mol. The Kier molecular flexibility index (Phi) is 14.2. The summed E-state index contributed by atoms with van der Waals surface area (Å²) >= 11 is 0. The third-order valence-electron chi connectivity index (χ3n) is 8.11. The van der Waals surface area contributed by atoms with Crippen LogP contribution in [0.25, 0.3) is 15.7 Å².